The fourth-order valence-corrected chi connectivity index (χ4v) is 2.88. The van der Waals surface area contributed by atoms with Crippen molar-refractivity contribution in [1.82, 2.24) is 9.88 Å². The van der Waals surface area contributed by atoms with Crippen molar-refractivity contribution in [2.45, 2.75) is 72.1 Å². The Morgan fingerprint density at radius 1 is 1.03 bits per heavy atom. The van der Waals surface area contributed by atoms with Crippen LogP contribution in [0, 0.1) is 11.8 Å². The normalized spacial score (nSPS) is 12.3. The van der Waals surface area contributed by atoms with Gasteiger partial charge in [-0.05, 0) is 54.5 Å². The SMILES string of the molecule is CCOC(=O)C(CC#Cc1cn(C(=O)OC(C)(C)C)c2ccccc12)NC(=O)OC(C)(C)C. The van der Waals surface area contributed by atoms with Crippen molar-refractivity contribution in [3.63, 3.8) is 0 Å². The van der Waals surface area contributed by atoms with E-state index < -0.39 is 35.4 Å². The van der Waals surface area contributed by atoms with E-state index in [9.17, 15) is 14.4 Å². The van der Waals surface area contributed by atoms with Crippen LogP contribution < -0.4 is 5.32 Å². The van der Waals surface area contributed by atoms with E-state index in [4.69, 9.17) is 14.2 Å². The number of benzene rings is 1. The smallest absolute Gasteiger partial charge is 0.419 e. The Bertz CT molecular complexity index is 1080. The fourth-order valence-electron chi connectivity index (χ4n) is 2.88. The van der Waals surface area contributed by atoms with Gasteiger partial charge in [-0.3, -0.25) is 4.57 Å². The Balaban J connectivity index is 2.28. The maximum atomic E-state index is 12.6. The monoisotopic (exact) mass is 456 g/mol. The van der Waals surface area contributed by atoms with Crippen LogP contribution in [-0.4, -0.2) is 46.6 Å². The van der Waals surface area contributed by atoms with Crippen LogP contribution in [0.4, 0.5) is 9.59 Å². The lowest BCUT2D eigenvalue weighted by Crippen LogP contribution is -2.44. The minimum absolute atomic E-state index is 0.00399. The third-order valence-electron chi connectivity index (χ3n) is 4.09. The number of rotatable bonds is 4. The van der Waals surface area contributed by atoms with Gasteiger partial charge in [0.15, 0.2) is 0 Å². The Hall–Kier alpha value is -3.47. The second-order valence-corrected chi connectivity index (χ2v) is 9.37. The van der Waals surface area contributed by atoms with Crippen LogP contribution in [0.1, 0.15) is 60.5 Å². The molecule has 0 aliphatic heterocycles. The number of hydrogen-bond donors (Lipinski definition) is 1. The quantitative estimate of drug-likeness (QED) is 0.410. The zero-order valence-electron chi connectivity index (χ0n) is 20.3. The molecule has 0 bridgehead atoms. The van der Waals surface area contributed by atoms with Gasteiger partial charge in [-0.25, -0.2) is 14.4 Å². The highest BCUT2D eigenvalue weighted by atomic mass is 16.6. The molecule has 178 valence electrons. The van der Waals surface area contributed by atoms with Gasteiger partial charge in [-0.2, -0.15) is 0 Å². The average molecular weight is 457 g/mol. The summed E-state index contributed by atoms with van der Waals surface area (Å²) in [5.41, 5.74) is -0.103. The molecule has 0 radical (unpaired) electrons. The molecule has 0 aliphatic rings. The molecule has 8 heteroatoms. The van der Waals surface area contributed by atoms with Gasteiger partial charge in [0.05, 0.1) is 17.7 Å². The molecule has 2 rings (SSSR count). The summed E-state index contributed by atoms with van der Waals surface area (Å²) in [4.78, 5) is 37.1. The van der Waals surface area contributed by atoms with Crippen LogP contribution in [0.25, 0.3) is 10.9 Å². The van der Waals surface area contributed by atoms with Gasteiger partial charge in [0.25, 0.3) is 0 Å². The lowest BCUT2D eigenvalue weighted by Gasteiger charge is -2.22. The van der Waals surface area contributed by atoms with Crippen molar-refractivity contribution in [1.29, 1.82) is 0 Å². The Morgan fingerprint density at radius 2 is 1.67 bits per heavy atom. The highest BCUT2D eigenvalue weighted by molar-refractivity contribution is 5.93. The van der Waals surface area contributed by atoms with Crippen LogP contribution >= 0.6 is 0 Å². The van der Waals surface area contributed by atoms with Gasteiger partial charge >= 0.3 is 18.2 Å². The van der Waals surface area contributed by atoms with E-state index in [2.05, 4.69) is 17.2 Å². The van der Waals surface area contributed by atoms with Crippen molar-refractivity contribution in [3.8, 4) is 11.8 Å². The highest BCUT2D eigenvalue weighted by Gasteiger charge is 2.25. The van der Waals surface area contributed by atoms with Crippen LogP contribution in [0.2, 0.25) is 0 Å². The highest BCUT2D eigenvalue weighted by Crippen LogP contribution is 2.22. The van der Waals surface area contributed by atoms with Crippen molar-refractivity contribution in [2.75, 3.05) is 6.61 Å². The number of fused-ring (bicyclic) bond motifs is 1. The first-order valence-electron chi connectivity index (χ1n) is 10.8. The predicted octanol–water partition coefficient (Wildman–Crippen LogP) is 4.62. The number of para-hydroxylation sites is 1. The first kappa shape index (κ1) is 25.8. The molecule has 1 aromatic heterocycles. The van der Waals surface area contributed by atoms with Gasteiger partial charge in [0, 0.05) is 18.0 Å². The summed E-state index contributed by atoms with van der Waals surface area (Å²) in [5.74, 6) is 5.31. The summed E-state index contributed by atoms with van der Waals surface area (Å²) in [6.45, 7) is 12.4. The predicted molar refractivity (Wildman–Crippen MR) is 125 cm³/mol. The van der Waals surface area contributed by atoms with Gasteiger partial charge in [0.1, 0.15) is 17.2 Å². The Kier molecular flexibility index (Phi) is 8.15. The third kappa shape index (κ3) is 7.86. The number of amides is 1. The van der Waals surface area contributed by atoms with Crippen LogP contribution in [0.3, 0.4) is 0 Å². The fraction of sp³-hybridized carbons (Fsp3) is 0.480. The molecule has 1 atom stereocenters. The molecule has 1 heterocycles. The molecule has 2 aromatic rings. The second-order valence-electron chi connectivity index (χ2n) is 9.37. The van der Waals surface area contributed by atoms with Gasteiger partial charge in [-0.15, -0.1) is 0 Å². The molecule has 1 unspecified atom stereocenters. The molecule has 0 saturated carbocycles. The summed E-state index contributed by atoms with van der Waals surface area (Å²) >= 11 is 0. The van der Waals surface area contributed by atoms with Crippen molar-refractivity contribution < 1.29 is 28.6 Å². The van der Waals surface area contributed by atoms with E-state index in [0.717, 1.165) is 5.39 Å². The number of nitrogens with zero attached hydrogens (tertiary/aromatic N) is 1. The Morgan fingerprint density at radius 3 is 2.27 bits per heavy atom. The first-order valence-corrected chi connectivity index (χ1v) is 10.8. The summed E-state index contributed by atoms with van der Waals surface area (Å²) in [6.07, 6.45) is 0.364. The number of carbonyl (C=O) groups excluding carboxylic acids is 3. The lowest BCUT2D eigenvalue weighted by atomic mass is 10.1. The van der Waals surface area contributed by atoms with E-state index in [1.165, 1.54) is 4.57 Å². The average Bonchev–Trinajstić information content (AvgIpc) is 3.04. The number of ether oxygens (including phenoxy) is 3. The summed E-state index contributed by atoms with van der Waals surface area (Å²) < 4.78 is 17.2. The second kappa shape index (κ2) is 10.4. The van der Waals surface area contributed by atoms with Crippen molar-refractivity contribution in [3.05, 3.63) is 36.0 Å². The molecular weight excluding hydrogens is 424 g/mol. The zero-order chi connectivity index (χ0) is 24.8. The molecular formula is C25H32N2O6. The van der Waals surface area contributed by atoms with Crippen molar-refractivity contribution >= 4 is 29.1 Å². The minimum atomic E-state index is -0.994. The molecule has 0 spiro atoms. The largest absolute Gasteiger partial charge is 0.464 e. The number of aromatic nitrogens is 1. The maximum absolute atomic E-state index is 12.6. The summed E-state index contributed by atoms with van der Waals surface area (Å²) in [7, 11) is 0. The van der Waals surface area contributed by atoms with Crippen LogP contribution in [0.5, 0.6) is 0 Å². The molecule has 0 saturated heterocycles. The van der Waals surface area contributed by atoms with Crippen LogP contribution in [0.15, 0.2) is 30.5 Å². The first-order chi connectivity index (χ1) is 15.3. The van der Waals surface area contributed by atoms with Gasteiger partial charge < -0.3 is 19.5 Å². The molecule has 0 fully saturated rings. The van der Waals surface area contributed by atoms with Crippen molar-refractivity contribution in [2.24, 2.45) is 0 Å². The van der Waals surface area contributed by atoms with E-state index in [0.29, 0.717) is 11.1 Å². The summed E-state index contributed by atoms with van der Waals surface area (Å²) in [5, 5.41) is 3.28. The van der Waals surface area contributed by atoms with E-state index in [-0.39, 0.29) is 13.0 Å². The summed E-state index contributed by atoms with van der Waals surface area (Å²) in [6, 6.07) is 6.32. The molecule has 0 aliphatic carbocycles. The molecule has 1 N–H and O–H groups in total. The lowest BCUT2D eigenvalue weighted by molar-refractivity contribution is -0.145. The number of alkyl carbamates (subject to hydrolysis) is 1. The van der Waals surface area contributed by atoms with Gasteiger partial charge in [-0.1, -0.05) is 30.0 Å². The number of carbonyl (C=O) groups is 3. The molecule has 8 nitrogen and oxygen atoms in total. The number of esters is 1. The maximum Gasteiger partial charge on any atom is 0.419 e. The van der Waals surface area contributed by atoms with E-state index in [1.807, 2.05) is 18.2 Å². The van der Waals surface area contributed by atoms with Crippen LogP contribution in [-0.2, 0) is 19.0 Å². The third-order valence-corrected chi connectivity index (χ3v) is 4.09. The Labute approximate surface area is 194 Å². The molecule has 1 amide bonds. The minimum Gasteiger partial charge on any atom is -0.464 e. The zero-order valence-corrected chi connectivity index (χ0v) is 20.3. The van der Waals surface area contributed by atoms with E-state index in [1.54, 1.807) is 60.7 Å². The topological polar surface area (TPSA) is 95.9 Å². The number of hydrogen-bond acceptors (Lipinski definition) is 6. The molecule has 33 heavy (non-hydrogen) atoms. The van der Waals surface area contributed by atoms with Gasteiger partial charge in [0.2, 0.25) is 0 Å². The standard InChI is InChI=1S/C25H32N2O6/c1-8-31-21(28)19(26-22(29)32-24(2,3)4)14-11-12-17-16-27(23(30)33-25(5,6)7)20-15-10-9-13-18(17)20/h9-10,13,15-16,19H,8,14H2,1-7H3,(H,26,29). The number of nitrogens with one attached hydrogen (secondary N) is 1. The molecule has 1 aromatic carbocycles. The van der Waals surface area contributed by atoms with E-state index >= 15 is 0 Å².